The summed E-state index contributed by atoms with van der Waals surface area (Å²) in [4.78, 5) is 15.2. The van der Waals surface area contributed by atoms with Gasteiger partial charge in [-0.25, -0.2) is 5.84 Å². The van der Waals surface area contributed by atoms with Crippen molar-refractivity contribution in [2.75, 3.05) is 7.05 Å². The molecule has 0 aliphatic rings. The second-order valence-corrected chi connectivity index (χ2v) is 5.21. The molecule has 3 N–H and O–H groups in total. The Labute approximate surface area is 109 Å². The maximum Gasteiger partial charge on any atom is 0.275 e. The van der Waals surface area contributed by atoms with E-state index in [1.807, 2.05) is 19.2 Å². The van der Waals surface area contributed by atoms with Gasteiger partial charge >= 0.3 is 0 Å². The Morgan fingerprint density at radius 2 is 2.28 bits per heavy atom. The van der Waals surface area contributed by atoms with Gasteiger partial charge in [-0.2, -0.15) is 0 Å². The van der Waals surface area contributed by atoms with Crippen LogP contribution in [0.15, 0.2) is 35.1 Å². The van der Waals surface area contributed by atoms with Crippen LogP contribution in [0.25, 0.3) is 0 Å². The molecule has 2 aromatic rings. The van der Waals surface area contributed by atoms with Gasteiger partial charge in [0.15, 0.2) is 0 Å². The van der Waals surface area contributed by atoms with Crippen LogP contribution in [0.3, 0.4) is 0 Å². The molecular formula is C12H15N3O2S. The van der Waals surface area contributed by atoms with Gasteiger partial charge in [-0.3, -0.25) is 15.1 Å². The van der Waals surface area contributed by atoms with Crippen molar-refractivity contribution in [3.05, 3.63) is 46.0 Å². The number of hydrogen-bond acceptors (Lipinski definition) is 5. The average Bonchev–Trinajstić information content (AvgIpc) is 2.99. The largest absolute Gasteiger partial charge is 0.472 e. The summed E-state index contributed by atoms with van der Waals surface area (Å²) in [6.07, 6.45) is 3.40. The number of rotatable bonds is 5. The normalized spacial score (nSPS) is 10.8. The van der Waals surface area contributed by atoms with Crippen molar-refractivity contribution < 1.29 is 9.21 Å². The van der Waals surface area contributed by atoms with Crippen molar-refractivity contribution in [1.82, 2.24) is 10.3 Å². The van der Waals surface area contributed by atoms with Crippen LogP contribution < -0.4 is 11.3 Å². The van der Waals surface area contributed by atoms with Crippen LogP contribution in [0.1, 0.15) is 20.1 Å². The number of carbonyl (C=O) groups excluding carboxylic acids is 1. The Morgan fingerprint density at radius 3 is 2.94 bits per heavy atom. The molecule has 0 bridgehead atoms. The summed E-state index contributed by atoms with van der Waals surface area (Å²) in [5, 5.41) is 0. The van der Waals surface area contributed by atoms with Crippen molar-refractivity contribution in [3.8, 4) is 0 Å². The van der Waals surface area contributed by atoms with Crippen LogP contribution in [0.5, 0.6) is 0 Å². The number of nitrogens with zero attached hydrogens (tertiary/aromatic N) is 1. The molecule has 0 atom stereocenters. The molecule has 1 amide bonds. The number of hydrazine groups is 1. The molecule has 0 aliphatic carbocycles. The van der Waals surface area contributed by atoms with Gasteiger partial charge in [-0.1, -0.05) is 0 Å². The topological polar surface area (TPSA) is 71.5 Å². The third kappa shape index (κ3) is 3.19. The highest BCUT2D eigenvalue weighted by molar-refractivity contribution is 7.14. The van der Waals surface area contributed by atoms with E-state index in [0.29, 0.717) is 4.88 Å². The molecule has 0 spiro atoms. The Bertz CT molecular complexity index is 507. The molecule has 18 heavy (non-hydrogen) atoms. The fraction of sp³-hybridized carbons (Fsp3) is 0.250. The Balaban J connectivity index is 1.92. The maximum atomic E-state index is 11.3. The van der Waals surface area contributed by atoms with Crippen LogP contribution >= 0.6 is 11.3 Å². The standard InChI is InChI=1S/C12H15N3O2S/c1-15(6-9-4-5-17-8-9)7-10-2-3-11(18-10)12(16)14-13/h2-5,8H,6-7,13H2,1H3,(H,14,16). The van der Waals surface area contributed by atoms with Gasteiger partial charge in [0, 0.05) is 23.5 Å². The van der Waals surface area contributed by atoms with Gasteiger partial charge in [-0.05, 0) is 25.2 Å². The zero-order chi connectivity index (χ0) is 13.0. The molecule has 2 aromatic heterocycles. The molecule has 96 valence electrons. The third-order valence-corrected chi connectivity index (χ3v) is 3.54. The fourth-order valence-corrected chi connectivity index (χ4v) is 2.66. The molecule has 0 saturated carbocycles. The highest BCUT2D eigenvalue weighted by Gasteiger charge is 2.09. The number of carbonyl (C=O) groups is 1. The molecule has 5 nitrogen and oxygen atoms in total. The monoisotopic (exact) mass is 265 g/mol. The predicted octanol–water partition coefficient (Wildman–Crippen LogP) is 1.58. The molecule has 0 radical (unpaired) electrons. The first-order valence-electron chi connectivity index (χ1n) is 5.48. The highest BCUT2D eigenvalue weighted by Crippen LogP contribution is 2.18. The third-order valence-electron chi connectivity index (χ3n) is 2.47. The van der Waals surface area contributed by atoms with Gasteiger partial charge in [0.25, 0.3) is 5.91 Å². The molecule has 2 heterocycles. The minimum absolute atomic E-state index is 0.247. The summed E-state index contributed by atoms with van der Waals surface area (Å²) in [6.45, 7) is 1.60. The molecule has 0 fully saturated rings. The average molecular weight is 265 g/mol. The van der Waals surface area contributed by atoms with Gasteiger partial charge in [-0.15, -0.1) is 11.3 Å². The second-order valence-electron chi connectivity index (χ2n) is 4.04. The molecule has 2 rings (SSSR count). The number of furan rings is 1. The lowest BCUT2D eigenvalue weighted by Gasteiger charge is -2.13. The minimum atomic E-state index is -0.247. The zero-order valence-corrected chi connectivity index (χ0v) is 10.9. The van der Waals surface area contributed by atoms with E-state index < -0.39 is 0 Å². The fourth-order valence-electron chi connectivity index (χ4n) is 1.67. The van der Waals surface area contributed by atoms with E-state index in [-0.39, 0.29) is 5.91 Å². The number of thiophene rings is 1. The number of nitrogen functional groups attached to an aromatic ring is 1. The van der Waals surface area contributed by atoms with Crippen LogP contribution in [-0.2, 0) is 13.1 Å². The zero-order valence-electron chi connectivity index (χ0n) is 10.1. The summed E-state index contributed by atoms with van der Waals surface area (Å²) in [7, 11) is 2.02. The summed E-state index contributed by atoms with van der Waals surface area (Å²) in [6, 6.07) is 5.67. The molecule has 6 heteroatoms. The van der Waals surface area contributed by atoms with E-state index in [0.717, 1.165) is 23.5 Å². The predicted molar refractivity (Wildman–Crippen MR) is 69.9 cm³/mol. The lowest BCUT2D eigenvalue weighted by molar-refractivity contribution is 0.0957. The molecule has 0 saturated heterocycles. The smallest absolute Gasteiger partial charge is 0.275 e. The van der Waals surface area contributed by atoms with Gasteiger partial charge < -0.3 is 4.42 Å². The summed E-state index contributed by atoms with van der Waals surface area (Å²) in [5.41, 5.74) is 3.26. The Morgan fingerprint density at radius 1 is 1.44 bits per heavy atom. The maximum absolute atomic E-state index is 11.3. The van der Waals surface area contributed by atoms with Crippen LogP contribution in [-0.4, -0.2) is 17.9 Å². The first kappa shape index (κ1) is 12.8. The number of nitrogens with one attached hydrogen (secondary N) is 1. The second kappa shape index (κ2) is 5.81. The molecule has 0 aromatic carbocycles. The van der Waals surface area contributed by atoms with Crippen molar-refractivity contribution in [2.24, 2.45) is 5.84 Å². The Hall–Kier alpha value is -1.63. The van der Waals surface area contributed by atoms with Crippen molar-refractivity contribution in [1.29, 1.82) is 0 Å². The number of hydrogen-bond donors (Lipinski definition) is 2. The van der Waals surface area contributed by atoms with E-state index in [4.69, 9.17) is 10.3 Å². The SMILES string of the molecule is CN(Cc1ccoc1)Cc1ccc(C(=O)NN)s1. The van der Waals surface area contributed by atoms with E-state index in [2.05, 4.69) is 10.3 Å². The number of nitrogens with two attached hydrogens (primary N) is 1. The minimum Gasteiger partial charge on any atom is -0.472 e. The van der Waals surface area contributed by atoms with Crippen molar-refractivity contribution in [3.63, 3.8) is 0 Å². The van der Waals surface area contributed by atoms with Gasteiger partial charge in [0.2, 0.25) is 0 Å². The Kier molecular flexibility index (Phi) is 4.14. The molecule has 0 aliphatic heterocycles. The van der Waals surface area contributed by atoms with E-state index in [9.17, 15) is 4.79 Å². The van der Waals surface area contributed by atoms with Crippen LogP contribution in [0, 0.1) is 0 Å². The summed E-state index contributed by atoms with van der Waals surface area (Å²) in [5.74, 6) is 4.84. The summed E-state index contributed by atoms with van der Waals surface area (Å²) < 4.78 is 5.02. The van der Waals surface area contributed by atoms with Crippen molar-refractivity contribution >= 4 is 17.2 Å². The first-order chi connectivity index (χ1) is 8.69. The van der Waals surface area contributed by atoms with Crippen LogP contribution in [0.4, 0.5) is 0 Å². The van der Waals surface area contributed by atoms with Crippen molar-refractivity contribution in [2.45, 2.75) is 13.1 Å². The molecule has 0 unspecified atom stereocenters. The van der Waals surface area contributed by atoms with Gasteiger partial charge in [0.1, 0.15) is 0 Å². The molecular weight excluding hydrogens is 250 g/mol. The number of amides is 1. The first-order valence-corrected chi connectivity index (χ1v) is 6.30. The lowest BCUT2D eigenvalue weighted by Crippen LogP contribution is -2.29. The van der Waals surface area contributed by atoms with E-state index in [1.54, 1.807) is 18.6 Å². The highest BCUT2D eigenvalue weighted by atomic mass is 32.1. The lowest BCUT2D eigenvalue weighted by atomic mass is 10.3. The van der Waals surface area contributed by atoms with E-state index in [1.165, 1.54) is 11.3 Å². The van der Waals surface area contributed by atoms with Gasteiger partial charge in [0.05, 0.1) is 17.4 Å². The summed E-state index contributed by atoms with van der Waals surface area (Å²) >= 11 is 1.45. The van der Waals surface area contributed by atoms with E-state index >= 15 is 0 Å². The van der Waals surface area contributed by atoms with Crippen LogP contribution in [0.2, 0.25) is 0 Å². The quantitative estimate of drug-likeness (QED) is 0.489.